The van der Waals surface area contributed by atoms with E-state index in [0.29, 0.717) is 23.3 Å². The smallest absolute Gasteiger partial charge is 0.221 e. The van der Waals surface area contributed by atoms with Gasteiger partial charge in [-0.25, -0.2) is 4.39 Å². The number of hydrogen-bond acceptors (Lipinski definition) is 2. The number of halogens is 1. The van der Waals surface area contributed by atoms with Crippen LogP contribution in [0.15, 0.2) is 18.2 Å². The van der Waals surface area contributed by atoms with Crippen molar-refractivity contribution in [3.63, 3.8) is 0 Å². The predicted octanol–water partition coefficient (Wildman–Crippen LogP) is 3.38. The number of amides is 1. The van der Waals surface area contributed by atoms with Crippen LogP contribution in [-0.2, 0) is 4.79 Å². The van der Waals surface area contributed by atoms with E-state index >= 15 is 0 Å². The molecule has 1 amide bonds. The Morgan fingerprint density at radius 2 is 2.22 bits per heavy atom. The first-order valence-electron chi connectivity index (χ1n) is 6.44. The maximum Gasteiger partial charge on any atom is 0.221 e. The third-order valence-corrected chi connectivity index (χ3v) is 3.26. The molecule has 1 saturated carbocycles. The van der Waals surface area contributed by atoms with Gasteiger partial charge in [0, 0.05) is 18.7 Å². The minimum atomic E-state index is -0.275. The molecule has 0 aliphatic heterocycles. The summed E-state index contributed by atoms with van der Waals surface area (Å²) in [7, 11) is 0. The molecular weight excluding hydrogens is 231 g/mol. The Hall–Kier alpha value is -1.58. The van der Waals surface area contributed by atoms with E-state index in [2.05, 4.69) is 17.6 Å². The van der Waals surface area contributed by atoms with Crippen LogP contribution in [0.3, 0.4) is 0 Å². The number of rotatable bonds is 5. The van der Waals surface area contributed by atoms with E-state index in [1.165, 1.54) is 25.8 Å². The Balaban J connectivity index is 2.12. The van der Waals surface area contributed by atoms with Crippen molar-refractivity contribution >= 4 is 17.3 Å². The zero-order chi connectivity index (χ0) is 13.1. The molecule has 2 rings (SSSR count). The Labute approximate surface area is 107 Å². The average Bonchev–Trinajstić information content (AvgIpc) is 3.13. The van der Waals surface area contributed by atoms with Gasteiger partial charge in [0.15, 0.2) is 0 Å². The largest absolute Gasteiger partial charge is 0.380 e. The lowest BCUT2D eigenvalue weighted by atomic mass is 10.1. The van der Waals surface area contributed by atoms with E-state index in [1.54, 1.807) is 12.1 Å². The van der Waals surface area contributed by atoms with Gasteiger partial charge < -0.3 is 10.6 Å². The second-order valence-corrected chi connectivity index (χ2v) is 4.87. The fourth-order valence-electron chi connectivity index (χ4n) is 2.17. The van der Waals surface area contributed by atoms with Gasteiger partial charge in [-0.15, -0.1) is 0 Å². The van der Waals surface area contributed by atoms with Crippen LogP contribution in [0.2, 0.25) is 0 Å². The summed E-state index contributed by atoms with van der Waals surface area (Å²) in [4.78, 5) is 11.0. The SMILES string of the molecule is CCC(Nc1cc(NC(C)=O)ccc1F)C1CC1. The standard InChI is InChI=1S/C14H19FN2O/c1-3-13(10-4-5-10)17-14-8-11(16-9(2)18)6-7-12(14)15/h6-8,10,13,17H,3-5H2,1-2H3,(H,16,18). The highest BCUT2D eigenvalue weighted by Crippen LogP contribution is 2.36. The zero-order valence-corrected chi connectivity index (χ0v) is 10.8. The first-order valence-corrected chi connectivity index (χ1v) is 6.44. The third kappa shape index (κ3) is 3.22. The molecule has 1 aromatic rings. The molecule has 0 spiro atoms. The number of nitrogens with one attached hydrogen (secondary N) is 2. The summed E-state index contributed by atoms with van der Waals surface area (Å²) in [6.07, 6.45) is 3.42. The monoisotopic (exact) mass is 250 g/mol. The van der Waals surface area contributed by atoms with Crippen LogP contribution in [0.4, 0.5) is 15.8 Å². The predicted molar refractivity (Wildman–Crippen MR) is 71.1 cm³/mol. The summed E-state index contributed by atoms with van der Waals surface area (Å²) in [6.45, 7) is 3.54. The van der Waals surface area contributed by atoms with Gasteiger partial charge >= 0.3 is 0 Å². The number of hydrogen-bond donors (Lipinski definition) is 2. The highest BCUT2D eigenvalue weighted by molar-refractivity contribution is 5.89. The molecule has 3 nitrogen and oxygen atoms in total. The molecule has 2 N–H and O–H groups in total. The molecule has 1 aliphatic rings. The Bertz CT molecular complexity index is 443. The van der Waals surface area contributed by atoms with Crippen molar-refractivity contribution in [1.29, 1.82) is 0 Å². The van der Waals surface area contributed by atoms with Crippen LogP contribution >= 0.6 is 0 Å². The summed E-state index contributed by atoms with van der Waals surface area (Å²) in [5, 5.41) is 5.91. The van der Waals surface area contributed by atoms with Crippen LogP contribution in [0.5, 0.6) is 0 Å². The molecule has 1 unspecified atom stereocenters. The zero-order valence-electron chi connectivity index (χ0n) is 10.8. The minimum absolute atomic E-state index is 0.151. The molecular formula is C14H19FN2O. The van der Waals surface area contributed by atoms with Crippen LogP contribution < -0.4 is 10.6 Å². The molecule has 0 bridgehead atoms. The van der Waals surface area contributed by atoms with Crippen molar-refractivity contribution < 1.29 is 9.18 Å². The highest BCUT2D eigenvalue weighted by Gasteiger charge is 2.30. The number of anilines is 2. The fourth-order valence-corrected chi connectivity index (χ4v) is 2.17. The Morgan fingerprint density at radius 1 is 1.50 bits per heavy atom. The molecule has 18 heavy (non-hydrogen) atoms. The molecule has 0 radical (unpaired) electrons. The normalized spacial score (nSPS) is 16.2. The van der Waals surface area contributed by atoms with Gasteiger partial charge in [-0.05, 0) is 43.4 Å². The van der Waals surface area contributed by atoms with Gasteiger partial charge in [-0.1, -0.05) is 6.92 Å². The molecule has 0 heterocycles. The third-order valence-electron chi connectivity index (χ3n) is 3.26. The minimum Gasteiger partial charge on any atom is -0.380 e. The van der Waals surface area contributed by atoms with Crippen LogP contribution in [0.25, 0.3) is 0 Å². The lowest BCUT2D eigenvalue weighted by Crippen LogP contribution is -2.21. The van der Waals surface area contributed by atoms with E-state index in [-0.39, 0.29) is 11.7 Å². The summed E-state index contributed by atoms with van der Waals surface area (Å²) < 4.78 is 13.7. The van der Waals surface area contributed by atoms with Gasteiger partial charge in [-0.2, -0.15) is 0 Å². The van der Waals surface area contributed by atoms with E-state index in [9.17, 15) is 9.18 Å². The second kappa shape index (κ2) is 5.38. The molecule has 0 saturated heterocycles. The van der Waals surface area contributed by atoms with Crippen molar-refractivity contribution in [2.24, 2.45) is 5.92 Å². The quantitative estimate of drug-likeness (QED) is 0.841. The first-order chi connectivity index (χ1) is 8.60. The molecule has 1 fully saturated rings. The van der Waals surface area contributed by atoms with Crippen molar-refractivity contribution in [3.8, 4) is 0 Å². The first kappa shape index (κ1) is 12.9. The van der Waals surface area contributed by atoms with Crippen molar-refractivity contribution in [2.75, 3.05) is 10.6 Å². The van der Waals surface area contributed by atoms with Crippen LogP contribution in [0.1, 0.15) is 33.1 Å². The lowest BCUT2D eigenvalue weighted by molar-refractivity contribution is -0.114. The number of carbonyl (C=O) groups excluding carboxylic acids is 1. The fraction of sp³-hybridized carbons (Fsp3) is 0.500. The van der Waals surface area contributed by atoms with E-state index in [0.717, 1.165) is 6.42 Å². The van der Waals surface area contributed by atoms with Crippen molar-refractivity contribution in [2.45, 2.75) is 39.2 Å². The molecule has 1 aromatic carbocycles. The Morgan fingerprint density at radius 3 is 2.78 bits per heavy atom. The lowest BCUT2D eigenvalue weighted by Gasteiger charge is -2.18. The van der Waals surface area contributed by atoms with Crippen LogP contribution in [0, 0.1) is 11.7 Å². The molecule has 1 atom stereocenters. The van der Waals surface area contributed by atoms with Crippen molar-refractivity contribution in [3.05, 3.63) is 24.0 Å². The summed E-state index contributed by atoms with van der Waals surface area (Å²) in [5.74, 6) is 0.240. The van der Waals surface area contributed by atoms with E-state index in [4.69, 9.17) is 0 Å². The van der Waals surface area contributed by atoms with E-state index in [1.807, 2.05) is 0 Å². The second-order valence-electron chi connectivity index (χ2n) is 4.87. The van der Waals surface area contributed by atoms with Gasteiger partial charge in [-0.3, -0.25) is 4.79 Å². The summed E-state index contributed by atoms with van der Waals surface area (Å²) in [5.41, 5.74) is 1.09. The maximum atomic E-state index is 13.7. The molecule has 4 heteroatoms. The number of benzene rings is 1. The highest BCUT2D eigenvalue weighted by atomic mass is 19.1. The maximum absolute atomic E-state index is 13.7. The number of carbonyl (C=O) groups is 1. The van der Waals surface area contributed by atoms with Gasteiger partial charge in [0.25, 0.3) is 0 Å². The van der Waals surface area contributed by atoms with Crippen LogP contribution in [-0.4, -0.2) is 11.9 Å². The van der Waals surface area contributed by atoms with E-state index < -0.39 is 0 Å². The molecule has 98 valence electrons. The summed E-state index contributed by atoms with van der Waals surface area (Å²) >= 11 is 0. The molecule has 1 aliphatic carbocycles. The van der Waals surface area contributed by atoms with Gasteiger partial charge in [0.1, 0.15) is 5.82 Å². The Kier molecular flexibility index (Phi) is 3.84. The van der Waals surface area contributed by atoms with Crippen molar-refractivity contribution in [1.82, 2.24) is 0 Å². The van der Waals surface area contributed by atoms with Gasteiger partial charge in [0.2, 0.25) is 5.91 Å². The van der Waals surface area contributed by atoms with Gasteiger partial charge in [0.05, 0.1) is 5.69 Å². The topological polar surface area (TPSA) is 41.1 Å². The average molecular weight is 250 g/mol. The molecule has 0 aromatic heterocycles. The summed E-state index contributed by atoms with van der Waals surface area (Å²) in [6, 6.07) is 4.93.